The van der Waals surface area contributed by atoms with E-state index in [0.717, 1.165) is 13.0 Å². The molecule has 3 rings (SSSR count). The number of halogens is 1. The van der Waals surface area contributed by atoms with Crippen molar-refractivity contribution in [3.63, 3.8) is 0 Å². The number of carbonyl (C=O) groups is 1. The molecule has 1 N–H and O–H groups in total. The van der Waals surface area contributed by atoms with Gasteiger partial charge in [-0.1, -0.05) is 11.6 Å². The third-order valence-corrected chi connectivity index (χ3v) is 3.55. The van der Waals surface area contributed by atoms with Crippen LogP contribution in [0.4, 0.5) is 0 Å². The zero-order valence-electron chi connectivity index (χ0n) is 10.3. The number of rotatable bonds is 3. The summed E-state index contributed by atoms with van der Waals surface area (Å²) < 4.78 is 15.7. The highest BCUT2D eigenvalue weighted by molar-refractivity contribution is 6.32. The van der Waals surface area contributed by atoms with Crippen molar-refractivity contribution >= 4 is 17.5 Å². The van der Waals surface area contributed by atoms with Crippen LogP contribution in [0.5, 0.6) is 11.5 Å². The van der Waals surface area contributed by atoms with Gasteiger partial charge >= 0.3 is 0 Å². The van der Waals surface area contributed by atoms with E-state index in [2.05, 4.69) is 5.32 Å². The van der Waals surface area contributed by atoms with Crippen LogP contribution in [-0.4, -0.2) is 32.5 Å². The summed E-state index contributed by atoms with van der Waals surface area (Å²) in [6.45, 7) is 2.24. The second-order valence-corrected chi connectivity index (χ2v) is 5.04. The van der Waals surface area contributed by atoms with Gasteiger partial charge in [-0.05, 0) is 18.6 Å². The lowest BCUT2D eigenvalue weighted by Crippen LogP contribution is -2.29. The van der Waals surface area contributed by atoms with Gasteiger partial charge in [-0.15, -0.1) is 0 Å². The molecule has 2 aliphatic heterocycles. The van der Waals surface area contributed by atoms with Crippen LogP contribution in [0, 0.1) is 5.92 Å². The molecule has 0 aliphatic carbocycles. The van der Waals surface area contributed by atoms with Gasteiger partial charge in [-0.25, -0.2) is 0 Å². The standard InChI is InChI=1S/C13H14ClNO4/c14-10-3-9(4-11-12(10)19-7-18-11)13(16)15-5-8-1-2-17-6-8/h3-4,8H,1-2,5-7H2,(H,15,16)/t8-/m0/s1. The van der Waals surface area contributed by atoms with E-state index in [1.807, 2.05) is 0 Å². The van der Waals surface area contributed by atoms with E-state index in [-0.39, 0.29) is 12.7 Å². The number of hydrogen-bond donors (Lipinski definition) is 1. The minimum atomic E-state index is -0.160. The molecule has 5 nitrogen and oxygen atoms in total. The Bertz CT molecular complexity index is 500. The number of amides is 1. The minimum Gasteiger partial charge on any atom is -0.454 e. The Kier molecular flexibility index (Phi) is 3.48. The number of hydrogen-bond acceptors (Lipinski definition) is 4. The van der Waals surface area contributed by atoms with E-state index in [1.165, 1.54) is 0 Å². The summed E-state index contributed by atoms with van der Waals surface area (Å²) in [5.74, 6) is 1.25. The Labute approximate surface area is 115 Å². The third kappa shape index (κ3) is 2.62. The van der Waals surface area contributed by atoms with Crippen LogP contribution < -0.4 is 14.8 Å². The molecular formula is C13H14ClNO4. The maximum atomic E-state index is 12.0. The van der Waals surface area contributed by atoms with Gasteiger partial charge in [-0.2, -0.15) is 0 Å². The molecule has 1 atom stereocenters. The van der Waals surface area contributed by atoms with Gasteiger partial charge in [0.2, 0.25) is 6.79 Å². The van der Waals surface area contributed by atoms with Gasteiger partial charge in [0, 0.05) is 24.6 Å². The molecule has 1 fully saturated rings. The van der Waals surface area contributed by atoms with E-state index >= 15 is 0 Å². The van der Waals surface area contributed by atoms with Crippen molar-refractivity contribution < 1.29 is 19.0 Å². The summed E-state index contributed by atoms with van der Waals surface area (Å²) >= 11 is 6.04. The first kappa shape index (κ1) is 12.6. The Morgan fingerprint density at radius 1 is 1.42 bits per heavy atom. The predicted molar refractivity (Wildman–Crippen MR) is 68.8 cm³/mol. The molecule has 1 saturated heterocycles. The van der Waals surface area contributed by atoms with E-state index in [9.17, 15) is 4.79 Å². The zero-order valence-corrected chi connectivity index (χ0v) is 11.0. The first-order valence-corrected chi connectivity index (χ1v) is 6.57. The quantitative estimate of drug-likeness (QED) is 0.919. The number of ether oxygens (including phenoxy) is 3. The highest BCUT2D eigenvalue weighted by atomic mass is 35.5. The minimum absolute atomic E-state index is 0.138. The first-order chi connectivity index (χ1) is 9.24. The van der Waals surface area contributed by atoms with Crippen molar-refractivity contribution in [1.29, 1.82) is 0 Å². The van der Waals surface area contributed by atoms with Crippen LogP contribution in [0.3, 0.4) is 0 Å². The van der Waals surface area contributed by atoms with Gasteiger partial charge in [0.05, 0.1) is 11.6 Å². The smallest absolute Gasteiger partial charge is 0.251 e. The highest BCUT2D eigenvalue weighted by Crippen LogP contribution is 2.39. The second-order valence-electron chi connectivity index (χ2n) is 4.63. The Hall–Kier alpha value is -1.46. The normalized spacial score (nSPS) is 20.6. The topological polar surface area (TPSA) is 56.8 Å². The molecule has 0 spiro atoms. The van der Waals surface area contributed by atoms with E-state index in [0.29, 0.717) is 41.2 Å². The number of carbonyl (C=O) groups excluding carboxylic acids is 1. The van der Waals surface area contributed by atoms with Crippen molar-refractivity contribution in [3.05, 3.63) is 22.7 Å². The van der Waals surface area contributed by atoms with Crippen molar-refractivity contribution in [1.82, 2.24) is 5.32 Å². The lowest BCUT2D eigenvalue weighted by atomic mass is 10.1. The molecule has 1 amide bonds. The number of benzene rings is 1. The second kappa shape index (κ2) is 5.27. The van der Waals surface area contributed by atoms with Gasteiger partial charge in [0.15, 0.2) is 11.5 Å². The molecule has 0 saturated carbocycles. The van der Waals surface area contributed by atoms with Crippen LogP contribution in [0.1, 0.15) is 16.8 Å². The molecule has 19 heavy (non-hydrogen) atoms. The number of fused-ring (bicyclic) bond motifs is 1. The summed E-state index contributed by atoms with van der Waals surface area (Å²) in [5.41, 5.74) is 0.480. The molecule has 0 unspecified atom stereocenters. The summed E-state index contributed by atoms with van der Waals surface area (Å²) in [4.78, 5) is 12.0. The molecule has 0 bridgehead atoms. The molecule has 102 valence electrons. The third-order valence-electron chi connectivity index (χ3n) is 3.26. The van der Waals surface area contributed by atoms with E-state index < -0.39 is 0 Å². The molecule has 2 aliphatic rings. The molecular weight excluding hydrogens is 270 g/mol. The fourth-order valence-corrected chi connectivity index (χ4v) is 2.45. The fourth-order valence-electron chi connectivity index (χ4n) is 2.18. The highest BCUT2D eigenvalue weighted by Gasteiger charge is 2.21. The average Bonchev–Trinajstić information content (AvgIpc) is 3.06. The molecule has 2 heterocycles. The lowest BCUT2D eigenvalue weighted by Gasteiger charge is -2.10. The molecule has 1 aromatic rings. The van der Waals surface area contributed by atoms with Crippen LogP contribution in [0.25, 0.3) is 0 Å². The van der Waals surface area contributed by atoms with Crippen molar-refractivity contribution in [2.45, 2.75) is 6.42 Å². The molecule has 6 heteroatoms. The Morgan fingerprint density at radius 3 is 3.11 bits per heavy atom. The van der Waals surface area contributed by atoms with Gasteiger partial charge in [0.25, 0.3) is 5.91 Å². The van der Waals surface area contributed by atoms with E-state index in [4.69, 9.17) is 25.8 Å². The van der Waals surface area contributed by atoms with Crippen molar-refractivity contribution in [2.75, 3.05) is 26.6 Å². The number of nitrogens with one attached hydrogen (secondary N) is 1. The summed E-state index contributed by atoms with van der Waals surface area (Å²) in [7, 11) is 0. The van der Waals surface area contributed by atoms with E-state index in [1.54, 1.807) is 12.1 Å². The SMILES string of the molecule is O=C(NC[C@@H]1CCOC1)c1cc(Cl)c2c(c1)OCO2. The summed E-state index contributed by atoms with van der Waals surface area (Å²) in [6, 6.07) is 3.24. The Morgan fingerprint density at radius 2 is 2.32 bits per heavy atom. The fraction of sp³-hybridized carbons (Fsp3) is 0.462. The van der Waals surface area contributed by atoms with Crippen LogP contribution in [-0.2, 0) is 4.74 Å². The Balaban J connectivity index is 1.67. The summed E-state index contributed by atoms with van der Waals surface area (Å²) in [5, 5.41) is 3.28. The van der Waals surface area contributed by atoms with Gasteiger partial charge in [-0.3, -0.25) is 4.79 Å². The first-order valence-electron chi connectivity index (χ1n) is 6.19. The van der Waals surface area contributed by atoms with Crippen LogP contribution in [0.2, 0.25) is 5.02 Å². The van der Waals surface area contributed by atoms with Crippen LogP contribution >= 0.6 is 11.6 Å². The predicted octanol–water partition coefficient (Wildman–Crippen LogP) is 1.83. The monoisotopic (exact) mass is 283 g/mol. The van der Waals surface area contributed by atoms with Crippen LogP contribution in [0.15, 0.2) is 12.1 Å². The largest absolute Gasteiger partial charge is 0.454 e. The maximum absolute atomic E-state index is 12.0. The molecule has 1 aromatic carbocycles. The maximum Gasteiger partial charge on any atom is 0.251 e. The van der Waals surface area contributed by atoms with Gasteiger partial charge < -0.3 is 19.5 Å². The zero-order chi connectivity index (χ0) is 13.2. The molecule has 0 radical (unpaired) electrons. The average molecular weight is 284 g/mol. The lowest BCUT2D eigenvalue weighted by molar-refractivity contribution is 0.0944. The van der Waals surface area contributed by atoms with Crippen molar-refractivity contribution in [3.8, 4) is 11.5 Å². The van der Waals surface area contributed by atoms with Gasteiger partial charge in [0.1, 0.15) is 0 Å². The van der Waals surface area contributed by atoms with Crippen molar-refractivity contribution in [2.24, 2.45) is 5.92 Å². The molecule has 0 aromatic heterocycles. The summed E-state index contributed by atoms with van der Waals surface area (Å²) in [6.07, 6.45) is 0.988.